The van der Waals surface area contributed by atoms with E-state index in [0.29, 0.717) is 6.07 Å². The molecule has 0 atom stereocenters. The largest absolute Gasteiger partial charge is 0.494 e. The molecule has 0 aromatic carbocycles. The molecule has 3 nitrogen and oxygen atoms in total. The molecule has 0 amide bonds. The second kappa shape index (κ2) is 3.65. The molecule has 0 saturated carbocycles. The molecule has 76 valence electrons. The van der Waals surface area contributed by atoms with E-state index in [1.807, 2.05) is 0 Å². The normalized spacial score (nSPS) is 11.1. The molecule has 0 aliphatic rings. The van der Waals surface area contributed by atoms with Crippen LogP contribution in [-0.4, -0.2) is 18.4 Å². The van der Waals surface area contributed by atoms with Crippen LogP contribution in [0.5, 0.6) is 5.75 Å². The van der Waals surface area contributed by atoms with Gasteiger partial charge in [0.15, 0.2) is 6.29 Å². The smallest absolute Gasteiger partial charge is 0.433 e. The molecule has 0 saturated heterocycles. The summed E-state index contributed by atoms with van der Waals surface area (Å²) < 4.78 is 41.0. The van der Waals surface area contributed by atoms with Crippen LogP contribution in [0.15, 0.2) is 12.3 Å². The van der Waals surface area contributed by atoms with E-state index in [1.165, 1.54) is 7.11 Å². The Kier molecular flexibility index (Phi) is 2.73. The van der Waals surface area contributed by atoms with Crippen LogP contribution in [0.25, 0.3) is 0 Å². The Balaban J connectivity index is 3.21. The summed E-state index contributed by atoms with van der Waals surface area (Å²) in [4.78, 5) is 13.5. The zero-order chi connectivity index (χ0) is 10.8. The lowest BCUT2D eigenvalue weighted by molar-refractivity contribution is -0.141. The number of carbonyl (C=O) groups is 1. The number of aromatic nitrogens is 1. The highest BCUT2D eigenvalue weighted by atomic mass is 19.4. The number of halogens is 3. The molecule has 1 heterocycles. The molecule has 0 bridgehead atoms. The third-order valence-electron chi connectivity index (χ3n) is 1.53. The lowest BCUT2D eigenvalue weighted by Crippen LogP contribution is -2.09. The van der Waals surface area contributed by atoms with Gasteiger partial charge in [-0.1, -0.05) is 0 Å². The van der Waals surface area contributed by atoms with E-state index in [-0.39, 0.29) is 17.6 Å². The van der Waals surface area contributed by atoms with Crippen LogP contribution >= 0.6 is 0 Å². The third-order valence-corrected chi connectivity index (χ3v) is 1.53. The fourth-order valence-corrected chi connectivity index (χ4v) is 0.876. The van der Waals surface area contributed by atoms with Crippen molar-refractivity contribution in [1.82, 2.24) is 4.98 Å². The van der Waals surface area contributed by atoms with E-state index in [4.69, 9.17) is 0 Å². The lowest BCUT2D eigenvalue weighted by atomic mass is 10.2. The van der Waals surface area contributed by atoms with Gasteiger partial charge in [0.25, 0.3) is 0 Å². The van der Waals surface area contributed by atoms with Gasteiger partial charge >= 0.3 is 6.18 Å². The standard InChI is InChI=1S/C8H6F3NO2/c1-14-6-3-12-7(8(9,10)11)2-5(6)4-13/h2-4H,1H3. The van der Waals surface area contributed by atoms with Crippen LogP contribution < -0.4 is 4.74 Å². The van der Waals surface area contributed by atoms with Gasteiger partial charge in [-0.25, -0.2) is 4.98 Å². The predicted molar refractivity (Wildman–Crippen MR) is 41.2 cm³/mol. The van der Waals surface area contributed by atoms with E-state index in [1.54, 1.807) is 0 Å². The SMILES string of the molecule is COc1cnc(C(F)(F)F)cc1C=O. The summed E-state index contributed by atoms with van der Waals surface area (Å²) >= 11 is 0. The Morgan fingerprint density at radius 2 is 2.14 bits per heavy atom. The lowest BCUT2D eigenvalue weighted by Gasteiger charge is -2.07. The second-order valence-corrected chi connectivity index (χ2v) is 2.43. The van der Waals surface area contributed by atoms with E-state index >= 15 is 0 Å². The summed E-state index contributed by atoms with van der Waals surface area (Å²) in [5, 5.41) is 0. The first-order valence-corrected chi connectivity index (χ1v) is 3.55. The summed E-state index contributed by atoms with van der Waals surface area (Å²) in [5.74, 6) is 0.0213. The van der Waals surface area contributed by atoms with Gasteiger partial charge in [-0.3, -0.25) is 4.79 Å². The number of pyridine rings is 1. The van der Waals surface area contributed by atoms with E-state index < -0.39 is 11.9 Å². The van der Waals surface area contributed by atoms with Crippen molar-refractivity contribution in [2.45, 2.75) is 6.18 Å². The van der Waals surface area contributed by atoms with Crippen LogP contribution in [0.3, 0.4) is 0 Å². The van der Waals surface area contributed by atoms with Crippen molar-refractivity contribution in [2.75, 3.05) is 7.11 Å². The van der Waals surface area contributed by atoms with Crippen molar-refractivity contribution < 1.29 is 22.7 Å². The van der Waals surface area contributed by atoms with Gasteiger partial charge < -0.3 is 4.74 Å². The Morgan fingerprint density at radius 3 is 2.57 bits per heavy atom. The van der Waals surface area contributed by atoms with Gasteiger partial charge in [0, 0.05) is 0 Å². The van der Waals surface area contributed by atoms with Gasteiger partial charge in [0.2, 0.25) is 0 Å². The fourth-order valence-electron chi connectivity index (χ4n) is 0.876. The van der Waals surface area contributed by atoms with E-state index in [9.17, 15) is 18.0 Å². The van der Waals surface area contributed by atoms with Crippen LogP contribution in [0.4, 0.5) is 13.2 Å². The number of aldehydes is 1. The number of rotatable bonds is 2. The molecule has 0 N–H and O–H groups in total. The summed E-state index contributed by atoms with van der Waals surface area (Å²) in [6.45, 7) is 0. The highest BCUT2D eigenvalue weighted by Crippen LogP contribution is 2.29. The molecule has 0 spiro atoms. The minimum absolute atomic E-state index is 0.0213. The van der Waals surface area contributed by atoms with Crippen molar-refractivity contribution >= 4 is 6.29 Å². The molecule has 0 radical (unpaired) electrons. The van der Waals surface area contributed by atoms with E-state index in [0.717, 1.165) is 6.20 Å². The predicted octanol–water partition coefficient (Wildman–Crippen LogP) is 1.92. The Labute approximate surface area is 77.5 Å². The fraction of sp³-hybridized carbons (Fsp3) is 0.250. The molecule has 0 aliphatic heterocycles. The van der Waals surface area contributed by atoms with Crippen LogP contribution in [0.1, 0.15) is 16.1 Å². The maximum absolute atomic E-state index is 12.1. The maximum Gasteiger partial charge on any atom is 0.433 e. The van der Waals surface area contributed by atoms with Gasteiger partial charge in [0.05, 0.1) is 18.9 Å². The summed E-state index contributed by atoms with van der Waals surface area (Å²) in [6.07, 6.45) is -3.40. The monoisotopic (exact) mass is 205 g/mol. The van der Waals surface area contributed by atoms with Crippen molar-refractivity contribution in [1.29, 1.82) is 0 Å². The van der Waals surface area contributed by atoms with Crippen molar-refractivity contribution in [3.05, 3.63) is 23.5 Å². The van der Waals surface area contributed by atoms with Crippen molar-refractivity contribution in [2.24, 2.45) is 0 Å². The van der Waals surface area contributed by atoms with Crippen molar-refractivity contribution in [3.8, 4) is 5.75 Å². The molecule has 0 fully saturated rings. The van der Waals surface area contributed by atoms with E-state index in [2.05, 4.69) is 9.72 Å². The quantitative estimate of drug-likeness (QED) is 0.692. The van der Waals surface area contributed by atoms with Gasteiger partial charge in [0.1, 0.15) is 11.4 Å². The molecule has 1 aromatic rings. The average molecular weight is 205 g/mol. The molecule has 0 aliphatic carbocycles. The Morgan fingerprint density at radius 1 is 1.50 bits per heavy atom. The number of hydrogen-bond donors (Lipinski definition) is 0. The average Bonchev–Trinajstić information content (AvgIpc) is 2.15. The minimum atomic E-state index is -4.55. The summed E-state index contributed by atoms with van der Waals surface area (Å²) in [7, 11) is 1.25. The summed E-state index contributed by atoms with van der Waals surface area (Å²) in [5.41, 5.74) is -1.28. The first-order chi connectivity index (χ1) is 6.49. The molecule has 1 rings (SSSR count). The first-order valence-electron chi connectivity index (χ1n) is 3.55. The van der Waals surface area contributed by atoms with Crippen LogP contribution in [0, 0.1) is 0 Å². The van der Waals surface area contributed by atoms with Gasteiger partial charge in [-0.15, -0.1) is 0 Å². The number of hydrogen-bond acceptors (Lipinski definition) is 3. The zero-order valence-corrected chi connectivity index (χ0v) is 7.13. The molecule has 14 heavy (non-hydrogen) atoms. The number of methoxy groups -OCH3 is 1. The van der Waals surface area contributed by atoms with Crippen molar-refractivity contribution in [3.63, 3.8) is 0 Å². The number of ether oxygens (including phenoxy) is 1. The Bertz CT molecular complexity index is 349. The minimum Gasteiger partial charge on any atom is -0.494 e. The highest BCUT2D eigenvalue weighted by molar-refractivity contribution is 5.79. The zero-order valence-electron chi connectivity index (χ0n) is 7.13. The first kappa shape index (κ1) is 10.5. The van der Waals surface area contributed by atoms with Gasteiger partial charge in [-0.05, 0) is 6.07 Å². The molecule has 1 aromatic heterocycles. The topological polar surface area (TPSA) is 39.2 Å². The Hall–Kier alpha value is -1.59. The second-order valence-electron chi connectivity index (χ2n) is 2.43. The summed E-state index contributed by atoms with van der Waals surface area (Å²) in [6, 6.07) is 0.645. The van der Waals surface area contributed by atoms with Crippen LogP contribution in [-0.2, 0) is 6.18 Å². The number of nitrogens with zero attached hydrogens (tertiary/aromatic N) is 1. The molecular formula is C8H6F3NO2. The third kappa shape index (κ3) is 2.01. The highest BCUT2D eigenvalue weighted by Gasteiger charge is 2.33. The van der Waals surface area contributed by atoms with Gasteiger partial charge in [-0.2, -0.15) is 13.2 Å². The molecular weight excluding hydrogens is 199 g/mol. The molecule has 6 heteroatoms. The molecule has 0 unspecified atom stereocenters. The number of carbonyl (C=O) groups excluding carboxylic acids is 1. The number of alkyl halides is 3. The van der Waals surface area contributed by atoms with Crippen LogP contribution in [0.2, 0.25) is 0 Å². The maximum atomic E-state index is 12.1.